The maximum atomic E-state index is 14.1. The van der Waals surface area contributed by atoms with E-state index in [-0.39, 0.29) is 30.4 Å². The minimum absolute atomic E-state index is 0.175. The largest absolute Gasteiger partial charge is 0.485 e. The van der Waals surface area contributed by atoms with Crippen molar-refractivity contribution in [2.45, 2.75) is 72.6 Å². The zero-order valence-electron chi connectivity index (χ0n) is 22.5. The second kappa shape index (κ2) is 9.70. The Morgan fingerprint density at radius 1 is 1.13 bits per heavy atom. The number of aromatic nitrogens is 4. The molecule has 0 unspecified atom stereocenters. The normalized spacial score (nSPS) is 12.2. The van der Waals surface area contributed by atoms with E-state index in [4.69, 9.17) is 9.15 Å². The van der Waals surface area contributed by atoms with Gasteiger partial charge in [0.05, 0.1) is 11.3 Å². The lowest BCUT2D eigenvalue weighted by Crippen LogP contribution is -2.57. The Hall–Kier alpha value is -4.02. The summed E-state index contributed by atoms with van der Waals surface area (Å²) in [5.74, 6) is -0.569. The standard InChI is InChI=1S/C27H31F2N5O4/c1-15-11-20(37-14-17-18(28)9-8-10-19(17)29)23-30-16(2)22(33(23)13-15)24-32-31-21(38-24)12-27(6,7)34(25(35)36)26(3,4)5/h8-11,13H,12,14H2,1-7H3,(H,35,36). The number of carbonyl (C=O) groups is 1. The van der Waals surface area contributed by atoms with E-state index in [1.165, 1.54) is 23.1 Å². The average molecular weight is 528 g/mol. The SMILES string of the molecule is Cc1cc(OCc2c(F)cccc2F)c2nc(C)c(-c3nnc(CC(C)(C)N(C(=O)O)C(C)(C)C)o3)n2c1. The molecule has 1 amide bonds. The maximum Gasteiger partial charge on any atom is 0.408 e. The molecule has 3 heterocycles. The molecule has 0 atom stereocenters. The predicted molar refractivity (Wildman–Crippen MR) is 136 cm³/mol. The molecule has 0 saturated heterocycles. The van der Waals surface area contributed by atoms with Gasteiger partial charge in [0, 0.05) is 23.7 Å². The fourth-order valence-corrected chi connectivity index (χ4v) is 4.87. The summed E-state index contributed by atoms with van der Waals surface area (Å²) in [6.45, 7) is 12.4. The highest BCUT2D eigenvalue weighted by atomic mass is 19.1. The summed E-state index contributed by atoms with van der Waals surface area (Å²) in [5.41, 5.74) is 0.693. The van der Waals surface area contributed by atoms with Gasteiger partial charge >= 0.3 is 6.09 Å². The molecule has 1 aromatic carbocycles. The Balaban J connectivity index is 1.67. The van der Waals surface area contributed by atoms with Crippen LogP contribution in [0.5, 0.6) is 5.75 Å². The molecule has 0 saturated carbocycles. The average Bonchev–Trinajstić information content (AvgIpc) is 3.34. The lowest BCUT2D eigenvalue weighted by atomic mass is 9.92. The Morgan fingerprint density at radius 3 is 2.39 bits per heavy atom. The number of halogens is 2. The van der Waals surface area contributed by atoms with Gasteiger partial charge in [0.15, 0.2) is 11.4 Å². The number of pyridine rings is 1. The molecule has 4 rings (SSSR count). The van der Waals surface area contributed by atoms with Crippen LogP contribution >= 0.6 is 0 Å². The van der Waals surface area contributed by atoms with Crippen molar-refractivity contribution in [1.29, 1.82) is 0 Å². The van der Waals surface area contributed by atoms with Crippen LogP contribution < -0.4 is 4.74 Å². The lowest BCUT2D eigenvalue weighted by Gasteiger charge is -2.44. The first-order valence-corrected chi connectivity index (χ1v) is 12.1. The van der Waals surface area contributed by atoms with Crippen LogP contribution in [0.1, 0.15) is 57.3 Å². The van der Waals surface area contributed by atoms with Gasteiger partial charge in [-0.25, -0.2) is 18.6 Å². The lowest BCUT2D eigenvalue weighted by molar-refractivity contribution is 0.0307. The second-order valence-corrected chi connectivity index (χ2v) is 10.9. The van der Waals surface area contributed by atoms with E-state index in [1.54, 1.807) is 31.2 Å². The van der Waals surface area contributed by atoms with E-state index in [2.05, 4.69) is 15.2 Å². The van der Waals surface area contributed by atoms with Gasteiger partial charge in [-0.05, 0) is 72.2 Å². The van der Waals surface area contributed by atoms with Crippen molar-refractivity contribution in [3.63, 3.8) is 0 Å². The van der Waals surface area contributed by atoms with E-state index in [0.717, 1.165) is 5.56 Å². The zero-order chi connectivity index (χ0) is 28.0. The third-order valence-corrected chi connectivity index (χ3v) is 6.15. The number of carboxylic acid groups (broad SMARTS) is 1. The van der Waals surface area contributed by atoms with Crippen molar-refractivity contribution in [1.82, 2.24) is 24.5 Å². The van der Waals surface area contributed by atoms with Crippen LogP contribution in [-0.2, 0) is 13.0 Å². The highest BCUT2D eigenvalue weighted by Gasteiger charge is 2.40. The Labute approximate surface area is 219 Å². The molecule has 0 aliphatic rings. The molecular weight excluding hydrogens is 496 g/mol. The molecule has 0 radical (unpaired) electrons. The number of rotatable bonds is 7. The monoisotopic (exact) mass is 527 g/mol. The van der Waals surface area contributed by atoms with Crippen molar-refractivity contribution >= 4 is 11.7 Å². The maximum absolute atomic E-state index is 14.1. The molecule has 1 N–H and O–H groups in total. The van der Waals surface area contributed by atoms with Gasteiger partial charge in [-0.15, -0.1) is 10.2 Å². The minimum atomic E-state index is -1.04. The fourth-order valence-electron chi connectivity index (χ4n) is 4.87. The molecule has 4 aromatic rings. The third kappa shape index (κ3) is 5.18. The van der Waals surface area contributed by atoms with E-state index in [1.807, 2.05) is 33.9 Å². The molecule has 9 nitrogen and oxygen atoms in total. The van der Waals surface area contributed by atoms with Crippen LogP contribution in [0.3, 0.4) is 0 Å². The van der Waals surface area contributed by atoms with Crippen LogP contribution in [0.15, 0.2) is 34.9 Å². The van der Waals surface area contributed by atoms with E-state index >= 15 is 0 Å². The van der Waals surface area contributed by atoms with Gasteiger partial charge in [-0.2, -0.15) is 0 Å². The van der Waals surface area contributed by atoms with E-state index in [0.29, 0.717) is 22.8 Å². The fraction of sp³-hybridized carbons (Fsp3) is 0.407. The van der Waals surface area contributed by atoms with Crippen molar-refractivity contribution in [3.8, 4) is 17.3 Å². The summed E-state index contributed by atoms with van der Waals surface area (Å²) in [6.07, 6.45) is 0.972. The first-order chi connectivity index (χ1) is 17.7. The Kier molecular flexibility index (Phi) is 6.90. The van der Waals surface area contributed by atoms with Crippen LogP contribution in [-0.4, -0.2) is 46.8 Å². The number of ether oxygens (including phenoxy) is 1. The van der Waals surface area contributed by atoms with Crippen molar-refractivity contribution in [3.05, 3.63) is 64.8 Å². The van der Waals surface area contributed by atoms with Gasteiger partial charge in [0.25, 0.3) is 5.89 Å². The molecular formula is C27H31F2N5O4. The smallest absolute Gasteiger partial charge is 0.408 e. The Bertz CT molecular complexity index is 1480. The summed E-state index contributed by atoms with van der Waals surface area (Å²) in [7, 11) is 0. The highest BCUT2D eigenvalue weighted by Crippen LogP contribution is 2.32. The number of hydrogen-bond acceptors (Lipinski definition) is 6. The summed E-state index contributed by atoms with van der Waals surface area (Å²) < 4.78 is 41.8. The van der Waals surface area contributed by atoms with E-state index in [9.17, 15) is 18.7 Å². The van der Waals surface area contributed by atoms with E-state index < -0.39 is 28.8 Å². The van der Waals surface area contributed by atoms with Crippen LogP contribution in [0, 0.1) is 25.5 Å². The summed E-state index contributed by atoms with van der Waals surface area (Å²) in [5, 5.41) is 18.2. The first-order valence-electron chi connectivity index (χ1n) is 12.1. The van der Waals surface area contributed by atoms with Crippen LogP contribution in [0.2, 0.25) is 0 Å². The predicted octanol–water partition coefficient (Wildman–Crippen LogP) is 5.96. The van der Waals surface area contributed by atoms with Gasteiger partial charge in [-0.1, -0.05) is 6.07 Å². The third-order valence-electron chi connectivity index (χ3n) is 6.15. The Morgan fingerprint density at radius 2 is 1.79 bits per heavy atom. The molecule has 3 aromatic heterocycles. The van der Waals surface area contributed by atoms with Crippen molar-refractivity contribution in [2.24, 2.45) is 0 Å². The number of nitrogens with zero attached hydrogens (tertiary/aromatic N) is 5. The van der Waals surface area contributed by atoms with Crippen molar-refractivity contribution in [2.75, 3.05) is 0 Å². The molecule has 0 bridgehead atoms. The number of amides is 1. The zero-order valence-corrected chi connectivity index (χ0v) is 22.5. The van der Waals surface area contributed by atoms with Gasteiger partial charge in [0.2, 0.25) is 5.89 Å². The second-order valence-electron chi connectivity index (χ2n) is 10.9. The quantitative estimate of drug-likeness (QED) is 0.316. The number of benzene rings is 1. The van der Waals surface area contributed by atoms with Crippen LogP contribution in [0.25, 0.3) is 17.2 Å². The first kappa shape index (κ1) is 27.0. The summed E-state index contributed by atoms with van der Waals surface area (Å²) >= 11 is 0. The van der Waals surface area contributed by atoms with Crippen LogP contribution in [0.4, 0.5) is 13.6 Å². The highest BCUT2D eigenvalue weighted by molar-refractivity contribution is 5.67. The molecule has 11 heteroatoms. The molecule has 0 fully saturated rings. The minimum Gasteiger partial charge on any atom is -0.485 e. The molecule has 0 aliphatic carbocycles. The van der Waals surface area contributed by atoms with Gasteiger partial charge in [-0.3, -0.25) is 9.30 Å². The number of fused-ring (bicyclic) bond motifs is 1. The van der Waals surface area contributed by atoms with Gasteiger partial charge < -0.3 is 14.3 Å². The topological polar surface area (TPSA) is 106 Å². The molecule has 0 aliphatic heterocycles. The number of imidazole rings is 1. The van der Waals surface area contributed by atoms with Crippen molar-refractivity contribution < 1.29 is 27.8 Å². The molecule has 0 spiro atoms. The summed E-state index contributed by atoms with van der Waals surface area (Å²) in [4.78, 5) is 18.0. The molecule has 202 valence electrons. The van der Waals surface area contributed by atoms with Gasteiger partial charge in [0.1, 0.15) is 23.9 Å². The number of aryl methyl sites for hydroxylation is 2. The molecule has 38 heavy (non-hydrogen) atoms. The number of hydrogen-bond donors (Lipinski definition) is 1. The summed E-state index contributed by atoms with van der Waals surface area (Å²) in [6, 6.07) is 5.39.